The van der Waals surface area contributed by atoms with Crippen molar-refractivity contribution in [1.82, 2.24) is 0 Å². The third kappa shape index (κ3) is 2.69. The first-order valence-corrected chi connectivity index (χ1v) is 6.54. The Balaban J connectivity index is 1.94. The Morgan fingerprint density at radius 3 is 2.62 bits per heavy atom. The lowest BCUT2D eigenvalue weighted by Gasteiger charge is -2.14. The van der Waals surface area contributed by atoms with Crippen LogP contribution in [0.3, 0.4) is 0 Å². The van der Waals surface area contributed by atoms with Crippen molar-refractivity contribution in [3.63, 3.8) is 0 Å². The Bertz CT molecular complexity index is 362. The van der Waals surface area contributed by atoms with Gasteiger partial charge in [0.1, 0.15) is 0 Å². The molecule has 0 bridgehead atoms. The standard InChI is InChI=1S/C14H18OS/c1-4-12(10-14(3)11(2)15-14)16-13-8-6-5-7-9-13/h4-9,11-12H,1,10H2,2-3H3/t11-,12?,14-/m0/s1. The van der Waals surface area contributed by atoms with Crippen molar-refractivity contribution in [2.45, 2.75) is 42.1 Å². The van der Waals surface area contributed by atoms with Gasteiger partial charge in [-0.05, 0) is 32.4 Å². The highest BCUT2D eigenvalue weighted by molar-refractivity contribution is 8.00. The second-order valence-electron chi connectivity index (χ2n) is 4.48. The molecular weight excluding hydrogens is 216 g/mol. The van der Waals surface area contributed by atoms with Crippen LogP contribution in [0.2, 0.25) is 0 Å². The molecule has 1 fully saturated rings. The predicted octanol–water partition coefficient (Wildman–Crippen LogP) is 3.90. The summed E-state index contributed by atoms with van der Waals surface area (Å²) in [6, 6.07) is 10.5. The van der Waals surface area contributed by atoms with Crippen LogP contribution in [0.4, 0.5) is 0 Å². The Hall–Kier alpha value is -0.730. The van der Waals surface area contributed by atoms with Crippen molar-refractivity contribution >= 4 is 11.8 Å². The van der Waals surface area contributed by atoms with Crippen LogP contribution in [0, 0.1) is 0 Å². The van der Waals surface area contributed by atoms with Gasteiger partial charge in [0.25, 0.3) is 0 Å². The fourth-order valence-corrected chi connectivity index (χ4v) is 3.00. The summed E-state index contributed by atoms with van der Waals surface area (Å²) in [6.45, 7) is 8.23. The fraction of sp³-hybridized carbons (Fsp3) is 0.429. The van der Waals surface area contributed by atoms with Gasteiger partial charge in [0.05, 0.1) is 11.7 Å². The van der Waals surface area contributed by atoms with Gasteiger partial charge in [0.2, 0.25) is 0 Å². The highest BCUT2D eigenvalue weighted by Gasteiger charge is 2.49. The summed E-state index contributed by atoms with van der Waals surface area (Å²) >= 11 is 1.86. The number of epoxide rings is 1. The number of benzene rings is 1. The first-order valence-electron chi connectivity index (χ1n) is 5.66. The molecule has 16 heavy (non-hydrogen) atoms. The smallest absolute Gasteiger partial charge is 0.0931 e. The van der Waals surface area contributed by atoms with Crippen LogP contribution in [0.15, 0.2) is 47.9 Å². The van der Waals surface area contributed by atoms with Gasteiger partial charge in [-0.15, -0.1) is 18.3 Å². The van der Waals surface area contributed by atoms with Crippen LogP contribution in [0.1, 0.15) is 20.3 Å². The van der Waals surface area contributed by atoms with Crippen LogP contribution in [-0.2, 0) is 4.74 Å². The molecule has 1 heterocycles. The molecule has 2 heteroatoms. The van der Waals surface area contributed by atoms with E-state index in [2.05, 4.69) is 44.7 Å². The Kier molecular flexibility index (Phi) is 3.41. The van der Waals surface area contributed by atoms with Crippen molar-refractivity contribution in [2.75, 3.05) is 0 Å². The van der Waals surface area contributed by atoms with E-state index in [1.807, 2.05) is 23.9 Å². The van der Waals surface area contributed by atoms with E-state index in [1.54, 1.807) is 0 Å². The summed E-state index contributed by atoms with van der Waals surface area (Å²) < 4.78 is 5.61. The average Bonchev–Trinajstić information content (AvgIpc) is 2.87. The van der Waals surface area contributed by atoms with Crippen LogP contribution < -0.4 is 0 Å². The molecule has 1 nitrogen and oxygen atoms in total. The zero-order valence-electron chi connectivity index (χ0n) is 9.85. The van der Waals surface area contributed by atoms with Gasteiger partial charge in [0.15, 0.2) is 0 Å². The number of ether oxygens (including phenoxy) is 1. The highest BCUT2D eigenvalue weighted by atomic mass is 32.2. The zero-order chi connectivity index (χ0) is 11.6. The molecule has 1 aliphatic heterocycles. The number of hydrogen-bond acceptors (Lipinski definition) is 2. The summed E-state index contributed by atoms with van der Waals surface area (Å²) in [5.74, 6) is 0. The van der Waals surface area contributed by atoms with E-state index in [0.717, 1.165) is 6.42 Å². The van der Waals surface area contributed by atoms with E-state index in [-0.39, 0.29) is 5.60 Å². The Morgan fingerprint density at radius 1 is 1.50 bits per heavy atom. The molecule has 86 valence electrons. The zero-order valence-corrected chi connectivity index (χ0v) is 10.7. The molecule has 1 aromatic carbocycles. The normalized spacial score (nSPS) is 29.8. The van der Waals surface area contributed by atoms with Crippen LogP contribution >= 0.6 is 11.8 Å². The largest absolute Gasteiger partial charge is 0.367 e. The summed E-state index contributed by atoms with van der Waals surface area (Å²) in [6.07, 6.45) is 3.46. The minimum Gasteiger partial charge on any atom is -0.367 e. The summed E-state index contributed by atoms with van der Waals surface area (Å²) in [5.41, 5.74) is 0.0701. The molecule has 1 unspecified atom stereocenters. The van der Waals surface area contributed by atoms with Crippen molar-refractivity contribution in [3.8, 4) is 0 Å². The fourth-order valence-electron chi connectivity index (χ4n) is 1.83. The van der Waals surface area contributed by atoms with Crippen molar-refractivity contribution in [2.24, 2.45) is 0 Å². The van der Waals surface area contributed by atoms with E-state index < -0.39 is 0 Å². The van der Waals surface area contributed by atoms with E-state index in [0.29, 0.717) is 11.4 Å². The minimum absolute atomic E-state index is 0.0701. The number of rotatable bonds is 5. The van der Waals surface area contributed by atoms with Gasteiger partial charge >= 0.3 is 0 Å². The lowest BCUT2D eigenvalue weighted by Crippen LogP contribution is -2.15. The van der Waals surface area contributed by atoms with Crippen molar-refractivity contribution < 1.29 is 4.74 Å². The molecule has 0 aromatic heterocycles. The lowest BCUT2D eigenvalue weighted by molar-refractivity contribution is 0.302. The van der Waals surface area contributed by atoms with E-state index >= 15 is 0 Å². The van der Waals surface area contributed by atoms with Gasteiger partial charge in [-0.3, -0.25) is 0 Å². The van der Waals surface area contributed by atoms with Crippen LogP contribution in [0.25, 0.3) is 0 Å². The quantitative estimate of drug-likeness (QED) is 0.435. The highest BCUT2D eigenvalue weighted by Crippen LogP contribution is 2.43. The molecule has 0 saturated carbocycles. The summed E-state index contributed by atoms with van der Waals surface area (Å²) in [7, 11) is 0. The predicted molar refractivity (Wildman–Crippen MR) is 69.9 cm³/mol. The third-order valence-corrected chi connectivity index (χ3v) is 4.35. The second-order valence-corrected chi connectivity index (χ2v) is 5.79. The summed E-state index contributed by atoms with van der Waals surface area (Å²) in [4.78, 5) is 1.30. The molecule has 0 radical (unpaired) electrons. The van der Waals surface area contributed by atoms with Gasteiger partial charge in [-0.1, -0.05) is 24.3 Å². The molecule has 0 N–H and O–H groups in total. The van der Waals surface area contributed by atoms with Gasteiger partial charge in [-0.25, -0.2) is 0 Å². The Morgan fingerprint density at radius 2 is 2.12 bits per heavy atom. The third-order valence-electron chi connectivity index (χ3n) is 3.15. The second kappa shape index (κ2) is 4.64. The molecular formula is C14H18OS. The molecule has 3 atom stereocenters. The maximum Gasteiger partial charge on any atom is 0.0931 e. The van der Waals surface area contributed by atoms with Crippen LogP contribution in [-0.4, -0.2) is 17.0 Å². The monoisotopic (exact) mass is 234 g/mol. The molecule has 1 saturated heterocycles. The topological polar surface area (TPSA) is 12.5 Å². The molecule has 1 aliphatic rings. The Labute approximate surface area is 102 Å². The first kappa shape index (κ1) is 11.7. The molecule has 1 aromatic rings. The SMILES string of the molecule is C=CC(C[C@]1(C)O[C@H]1C)Sc1ccccc1. The van der Waals surface area contributed by atoms with Crippen molar-refractivity contribution in [3.05, 3.63) is 43.0 Å². The van der Waals surface area contributed by atoms with Gasteiger partial charge in [-0.2, -0.15) is 0 Å². The van der Waals surface area contributed by atoms with E-state index in [4.69, 9.17) is 4.74 Å². The van der Waals surface area contributed by atoms with Gasteiger partial charge in [0, 0.05) is 10.1 Å². The molecule has 0 spiro atoms. The van der Waals surface area contributed by atoms with E-state index in [9.17, 15) is 0 Å². The molecule has 0 aliphatic carbocycles. The van der Waals surface area contributed by atoms with Gasteiger partial charge < -0.3 is 4.74 Å². The maximum absolute atomic E-state index is 5.61. The first-order chi connectivity index (χ1) is 7.64. The molecule has 2 rings (SSSR count). The van der Waals surface area contributed by atoms with Crippen LogP contribution in [0.5, 0.6) is 0 Å². The maximum atomic E-state index is 5.61. The van der Waals surface area contributed by atoms with E-state index in [1.165, 1.54) is 4.90 Å². The molecule has 0 amide bonds. The van der Waals surface area contributed by atoms with Crippen molar-refractivity contribution in [1.29, 1.82) is 0 Å². The lowest BCUT2D eigenvalue weighted by atomic mass is 10.0. The number of hydrogen-bond donors (Lipinski definition) is 0. The minimum atomic E-state index is 0.0701. The number of thioether (sulfide) groups is 1. The summed E-state index contributed by atoms with van der Waals surface area (Å²) in [5, 5.41) is 0.428. The average molecular weight is 234 g/mol.